The molecule has 2 aliphatic heterocycles. The van der Waals surface area contributed by atoms with Crippen molar-refractivity contribution in [2.45, 2.75) is 50.8 Å². The third kappa shape index (κ3) is 3.93. The molecule has 0 aliphatic carbocycles. The summed E-state index contributed by atoms with van der Waals surface area (Å²) in [5.74, 6) is 0.0828. The molecule has 18 heavy (non-hydrogen) atoms. The average molecular weight is 255 g/mol. The largest absolute Gasteiger partial charge is 0.373 e. The van der Waals surface area contributed by atoms with Crippen molar-refractivity contribution < 1.29 is 9.53 Å². The van der Waals surface area contributed by atoms with Crippen molar-refractivity contribution in [2.24, 2.45) is 5.73 Å². The van der Waals surface area contributed by atoms with E-state index in [2.05, 4.69) is 10.2 Å². The summed E-state index contributed by atoms with van der Waals surface area (Å²) in [6.07, 6.45) is 3.94. The van der Waals surface area contributed by atoms with Crippen LogP contribution in [0.2, 0.25) is 0 Å². The zero-order chi connectivity index (χ0) is 13.0. The molecule has 1 amide bonds. The van der Waals surface area contributed by atoms with E-state index in [-0.39, 0.29) is 18.1 Å². The lowest BCUT2D eigenvalue weighted by atomic mass is 10.1. The summed E-state index contributed by atoms with van der Waals surface area (Å²) in [5.41, 5.74) is 5.63. The van der Waals surface area contributed by atoms with Gasteiger partial charge in [-0.25, -0.2) is 0 Å². The molecule has 0 bridgehead atoms. The maximum Gasteiger partial charge on any atom is 0.220 e. The third-order valence-electron chi connectivity index (χ3n) is 3.82. The number of morpholine rings is 1. The van der Waals surface area contributed by atoms with E-state index in [0.29, 0.717) is 19.0 Å². The highest BCUT2D eigenvalue weighted by atomic mass is 16.5. The van der Waals surface area contributed by atoms with Gasteiger partial charge in [0.05, 0.1) is 12.7 Å². The van der Waals surface area contributed by atoms with Crippen LogP contribution in [0.4, 0.5) is 0 Å². The number of carbonyl (C=O) groups is 1. The van der Waals surface area contributed by atoms with Crippen LogP contribution in [-0.2, 0) is 9.53 Å². The number of nitrogens with zero attached hydrogens (tertiary/aromatic N) is 1. The van der Waals surface area contributed by atoms with Crippen LogP contribution in [0.1, 0.15) is 32.6 Å². The summed E-state index contributed by atoms with van der Waals surface area (Å²) in [4.78, 5) is 14.1. The summed E-state index contributed by atoms with van der Waals surface area (Å²) >= 11 is 0. The molecule has 5 heteroatoms. The molecule has 0 aromatic rings. The Kier molecular flexibility index (Phi) is 4.97. The highest BCUT2D eigenvalue weighted by Crippen LogP contribution is 2.22. The Balaban J connectivity index is 1.63. The first-order chi connectivity index (χ1) is 8.65. The second-order valence-corrected chi connectivity index (χ2v) is 5.57. The van der Waals surface area contributed by atoms with Crippen molar-refractivity contribution in [3.63, 3.8) is 0 Å². The lowest BCUT2D eigenvalue weighted by Gasteiger charge is -2.35. The Morgan fingerprint density at radius 1 is 1.61 bits per heavy atom. The predicted molar refractivity (Wildman–Crippen MR) is 70.2 cm³/mol. The van der Waals surface area contributed by atoms with E-state index in [9.17, 15) is 4.79 Å². The zero-order valence-electron chi connectivity index (χ0n) is 11.2. The van der Waals surface area contributed by atoms with E-state index >= 15 is 0 Å². The number of nitrogens with one attached hydrogen (secondary N) is 1. The molecule has 0 aromatic heterocycles. The first-order valence-corrected chi connectivity index (χ1v) is 7.03. The lowest BCUT2D eigenvalue weighted by Crippen LogP contribution is -2.50. The van der Waals surface area contributed by atoms with Crippen LogP contribution in [0.3, 0.4) is 0 Å². The molecule has 3 N–H and O–H groups in total. The van der Waals surface area contributed by atoms with Crippen LogP contribution in [0.15, 0.2) is 0 Å². The van der Waals surface area contributed by atoms with E-state index in [0.717, 1.165) is 19.6 Å². The van der Waals surface area contributed by atoms with E-state index in [1.54, 1.807) is 0 Å². The number of carbonyl (C=O) groups excluding carboxylic acids is 1. The van der Waals surface area contributed by atoms with Gasteiger partial charge in [0.25, 0.3) is 0 Å². The van der Waals surface area contributed by atoms with Crippen LogP contribution in [-0.4, -0.2) is 55.2 Å². The maximum absolute atomic E-state index is 11.6. The minimum atomic E-state index is 0.0828. The maximum atomic E-state index is 11.6. The zero-order valence-corrected chi connectivity index (χ0v) is 11.2. The first-order valence-electron chi connectivity index (χ1n) is 7.03. The standard InChI is InChI=1S/C13H25N3O2/c1-10(14)4-5-13(17)15-7-12-8-16-6-2-3-11(16)9-18-12/h10-12H,2-9,14H2,1H3,(H,15,17). The van der Waals surface area contributed by atoms with Crippen molar-refractivity contribution in [3.05, 3.63) is 0 Å². The molecule has 2 heterocycles. The topological polar surface area (TPSA) is 67.6 Å². The van der Waals surface area contributed by atoms with Crippen molar-refractivity contribution in [1.29, 1.82) is 0 Å². The highest BCUT2D eigenvalue weighted by molar-refractivity contribution is 5.75. The molecule has 0 aromatic carbocycles. The fraction of sp³-hybridized carbons (Fsp3) is 0.923. The van der Waals surface area contributed by atoms with E-state index in [1.807, 2.05) is 6.92 Å². The summed E-state index contributed by atoms with van der Waals surface area (Å²) in [7, 11) is 0. The molecule has 3 atom stereocenters. The van der Waals surface area contributed by atoms with Crippen LogP contribution in [0, 0.1) is 0 Å². The SMILES string of the molecule is CC(N)CCC(=O)NCC1CN2CCCC2CO1. The minimum Gasteiger partial charge on any atom is -0.373 e. The average Bonchev–Trinajstić information content (AvgIpc) is 2.81. The minimum absolute atomic E-state index is 0.0828. The predicted octanol–water partition coefficient (Wildman–Crippen LogP) is 0.0932. The molecular formula is C13H25N3O2. The van der Waals surface area contributed by atoms with Crippen molar-refractivity contribution in [3.8, 4) is 0 Å². The van der Waals surface area contributed by atoms with Gasteiger partial charge in [-0.05, 0) is 32.7 Å². The van der Waals surface area contributed by atoms with Gasteiger partial charge < -0.3 is 15.8 Å². The van der Waals surface area contributed by atoms with Gasteiger partial charge in [-0.1, -0.05) is 0 Å². The fourth-order valence-electron chi connectivity index (χ4n) is 2.68. The Morgan fingerprint density at radius 2 is 2.44 bits per heavy atom. The Labute approximate surface area is 109 Å². The van der Waals surface area contributed by atoms with E-state index in [1.165, 1.54) is 19.4 Å². The van der Waals surface area contributed by atoms with Gasteiger partial charge in [0.15, 0.2) is 0 Å². The number of rotatable bonds is 5. The first kappa shape index (κ1) is 13.8. The van der Waals surface area contributed by atoms with Crippen molar-refractivity contribution >= 4 is 5.91 Å². The van der Waals surface area contributed by atoms with Gasteiger partial charge in [0.1, 0.15) is 0 Å². The molecule has 0 saturated carbocycles. The Hall–Kier alpha value is -0.650. The van der Waals surface area contributed by atoms with Gasteiger partial charge in [0.2, 0.25) is 5.91 Å². The molecule has 2 saturated heterocycles. The lowest BCUT2D eigenvalue weighted by molar-refractivity contribution is -0.122. The monoisotopic (exact) mass is 255 g/mol. The Bertz CT molecular complexity index is 283. The van der Waals surface area contributed by atoms with Crippen LogP contribution >= 0.6 is 0 Å². The third-order valence-corrected chi connectivity index (χ3v) is 3.82. The molecule has 0 spiro atoms. The van der Waals surface area contributed by atoms with Crippen LogP contribution in [0.25, 0.3) is 0 Å². The Morgan fingerprint density at radius 3 is 3.22 bits per heavy atom. The molecular weight excluding hydrogens is 230 g/mol. The number of nitrogens with two attached hydrogens (primary N) is 1. The molecule has 2 aliphatic rings. The molecule has 3 unspecified atom stereocenters. The van der Waals surface area contributed by atoms with E-state index in [4.69, 9.17) is 10.5 Å². The van der Waals surface area contributed by atoms with Crippen molar-refractivity contribution in [1.82, 2.24) is 10.2 Å². The summed E-state index contributed by atoms with van der Waals surface area (Å²) in [5, 5.41) is 2.94. The number of fused-ring (bicyclic) bond motifs is 1. The molecule has 2 rings (SSSR count). The molecule has 104 valence electrons. The van der Waals surface area contributed by atoms with Crippen LogP contribution < -0.4 is 11.1 Å². The molecule has 5 nitrogen and oxygen atoms in total. The fourth-order valence-corrected chi connectivity index (χ4v) is 2.68. The van der Waals surface area contributed by atoms with Crippen molar-refractivity contribution in [2.75, 3.05) is 26.2 Å². The van der Waals surface area contributed by atoms with Gasteiger partial charge in [-0.2, -0.15) is 0 Å². The number of hydrogen-bond donors (Lipinski definition) is 2. The molecule has 2 fully saturated rings. The summed E-state index contributed by atoms with van der Waals surface area (Å²) in [6.45, 7) is 5.51. The number of hydrogen-bond acceptors (Lipinski definition) is 4. The van der Waals surface area contributed by atoms with Gasteiger partial charge in [-0.3, -0.25) is 9.69 Å². The number of ether oxygens (including phenoxy) is 1. The van der Waals surface area contributed by atoms with Crippen LogP contribution in [0.5, 0.6) is 0 Å². The molecule has 0 radical (unpaired) electrons. The van der Waals surface area contributed by atoms with Gasteiger partial charge in [-0.15, -0.1) is 0 Å². The van der Waals surface area contributed by atoms with Gasteiger partial charge in [0, 0.05) is 31.6 Å². The summed E-state index contributed by atoms with van der Waals surface area (Å²) in [6, 6.07) is 0.710. The quantitative estimate of drug-likeness (QED) is 0.731. The van der Waals surface area contributed by atoms with E-state index < -0.39 is 0 Å². The summed E-state index contributed by atoms with van der Waals surface area (Å²) < 4.78 is 5.79. The van der Waals surface area contributed by atoms with Gasteiger partial charge >= 0.3 is 0 Å². The normalized spacial score (nSPS) is 29.9. The highest BCUT2D eigenvalue weighted by Gasteiger charge is 2.32. The number of amides is 1. The second kappa shape index (κ2) is 6.50. The smallest absolute Gasteiger partial charge is 0.220 e. The second-order valence-electron chi connectivity index (χ2n) is 5.57.